The second-order valence-corrected chi connectivity index (χ2v) is 5.86. The standard InChI is InChI=1S/C14H19ClN2O/c1-14(2)8-5-9-16-12(14)13(18)17-11-7-4-3-6-10(11)15/h3-4,6-7,12,16H,5,8-9H2,1-2H3,(H,17,18). The van der Waals surface area contributed by atoms with Crippen LogP contribution in [0.5, 0.6) is 0 Å². The summed E-state index contributed by atoms with van der Waals surface area (Å²) in [5, 5.41) is 6.76. The van der Waals surface area contributed by atoms with E-state index in [1.807, 2.05) is 18.2 Å². The van der Waals surface area contributed by atoms with Crippen LogP contribution in [0, 0.1) is 5.41 Å². The van der Waals surface area contributed by atoms with Crippen LogP contribution in [0.1, 0.15) is 26.7 Å². The Morgan fingerprint density at radius 1 is 1.44 bits per heavy atom. The van der Waals surface area contributed by atoms with Gasteiger partial charge in [0.25, 0.3) is 0 Å². The van der Waals surface area contributed by atoms with Crippen LogP contribution >= 0.6 is 11.6 Å². The largest absolute Gasteiger partial charge is 0.323 e. The SMILES string of the molecule is CC1(C)CCCNC1C(=O)Nc1ccccc1Cl. The van der Waals surface area contributed by atoms with Crippen LogP contribution in [-0.2, 0) is 4.79 Å². The van der Waals surface area contributed by atoms with Crippen molar-refractivity contribution in [2.24, 2.45) is 5.41 Å². The Morgan fingerprint density at radius 2 is 2.17 bits per heavy atom. The van der Waals surface area contributed by atoms with Gasteiger partial charge in [-0.1, -0.05) is 37.6 Å². The number of piperidine rings is 1. The Labute approximate surface area is 113 Å². The van der Waals surface area contributed by atoms with Crippen molar-refractivity contribution in [2.45, 2.75) is 32.7 Å². The summed E-state index contributed by atoms with van der Waals surface area (Å²) in [4.78, 5) is 12.3. The maximum atomic E-state index is 12.3. The maximum absolute atomic E-state index is 12.3. The summed E-state index contributed by atoms with van der Waals surface area (Å²) < 4.78 is 0. The van der Waals surface area contributed by atoms with Crippen molar-refractivity contribution in [2.75, 3.05) is 11.9 Å². The molecule has 0 aliphatic carbocycles. The van der Waals surface area contributed by atoms with Gasteiger partial charge >= 0.3 is 0 Å². The average Bonchev–Trinajstić information content (AvgIpc) is 2.31. The van der Waals surface area contributed by atoms with Gasteiger partial charge in [-0.15, -0.1) is 0 Å². The number of halogens is 1. The summed E-state index contributed by atoms with van der Waals surface area (Å²) in [5.74, 6) is -0.00667. The second-order valence-electron chi connectivity index (χ2n) is 5.45. The fraction of sp³-hybridized carbons (Fsp3) is 0.500. The van der Waals surface area contributed by atoms with Crippen molar-refractivity contribution in [3.05, 3.63) is 29.3 Å². The Kier molecular flexibility index (Phi) is 3.93. The summed E-state index contributed by atoms with van der Waals surface area (Å²) in [6.07, 6.45) is 2.17. The van der Waals surface area contributed by atoms with Crippen LogP contribution in [0.3, 0.4) is 0 Å². The molecule has 2 rings (SSSR count). The van der Waals surface area contributed by atoms with E-state index in [4.69, 9.17) is 11.6 Å². The summed E-state index contributed by atoms with van der Waals surface area (Å²) in [6, 6.07) is 7.14. The lowest BCUT2D eigenvalue weighted by Crippen LogP contribution is -2.53. The molecule has 1 fully saturated rings. The van der Waals surface area contributed by atoms with Crippen molar-refractivity contribution in [1.82, 2.24) is 5.32 Å². The quantitative estimate of drug-likeness (QED) is 0.864. The molecule has 0 aromatic heterocycles. The topological polar surface area (TPSA) is 41.1 Å². The van der Waals surface area contributed by atoms with Gasteiger partial charge < -0.3 is 10.6 Å². The highest BCUT2D eigenvalue weighted by Crippen LogP contribution is 2.31. The van der Waals surface area contributed by atoms with Crippen molar-refractivity contribution >= 4 is 23.2 Å². The number of anilines is 1. The summed E-state index contributed by atoms with van der Waals surface area (Å²) in [7, 11) is 0. The van der Waals surface area contributed by atoms with E-state index >= 15 is 0 Å². The molecule has 4 heteroatoms. The molecule has 1 heterocycles. The molecular weight excluding hydrogens is 248 g/mol. The van der Waals surface area contributed by atoms with Crippen LogP contribution < -0.4 is 10.6 Å². The predicted molar refractivity (Wildman–Crippen MR) is 74.9 cm³/mol. The highest BCUT2D eigenvalue weighted by atomic mass is 35.5. The van der Waals surface area contributed by atoms with Crippen molar-refractivity contribution < 1.29 is 4.79 Å². The number of amides is 1. The fourth-order valence-corrected chi connectivity index (χ4v) is 2.61. The maximum Gasteiger partial charge on any atom is 0.242 e. The first-order chi connectivity index (χ1) is 8.50. The Morgan fingerprint density at radius 3 is 2.83 bits per heavy atom. The number of carbonyl (C=O) groups is 1. The van der Waals surface area contributed by atoms with Crippen LogP contribution in [0.2, 0.25) is 5.02 Å². The second kappa shape index (κ2) is 5.29. The van der Waals surface area contributed by atoms with Crippen LogP contribution in [-0.4, -0.2) is 18.5 Å². The zero-order chi connectivity index (χ0) is 13.2. The summed E-state index contributed by atoms with van der Waals surface area (Å²) in [5.41, 5.74) is 0.649. The number of benzene rings is 1. The van der Waals surface area contributed by atoms with Gasteiger partial charge in [-0.05, 0) is 36.9 Å². The molecular formula is C14H19ClN2O. The van der Waals surface area contributed by atoms with E-state index in [0.717, 1.165) is 19.4 Å². The van der Waals surface area contributed by atoms with Crippen LogP contribution in [0.15, 0.2) is 24.3 Å². The van der Waals surface area contributed by atoms with E-state index in [9.17, 15) is 4.79 Å². The van der Waals surface area contributed by atoms with Gasteiger partial charge in [-0.2, -0.15) is 0 Å². The number of carbonyl (C=O) groups excluding carboxylic acids is 1. The first-order valence-corrected chi connectivity index (χ1v) is 6.67. The third-order valence-electron chi connectivity index (χ3n) is 3.52. The van der Waals surface area contributed by atoms with Gasteiger partial charge in [0.05, 0.1) is 16.8 Å². The molecule has 3 nitrogen and oxygen atoms in total. The molecule has 1 aromatic rings. The molecule has 0 radical (unpaired) electrons. The molecule has 98 valence electrons. The summed E-state index contributed by atoms with van der Waals surface area (Å²) in [6.45, 7) is 5.13. The number of rotatable bonds is 2. The molecule has 1 aliphatic heterocycles. The van der Waals surface area contributed by atoms with Crippen molar-refractivity contribution in [1.29, 1.82) is 0 Å². The third-order valence-corrected chi connectivity index (χ3v) is 3.85. The number of hydrogen-bond acceptors (Lipinski definition) is 2. The predicted octanol–water partition coefficient (Wildman–Crippen LogP) is 3.06. The highest BCUT2D eigenvalue weighted by molar-refractivity contribution is 6.33. The minimum atomic E-state index is -0.164. The van der Waals surface area contributed by atoms with Gasteiger partial charge in [-0.3, -0.25) is 4.79 Å². The van der Waals surface area contributed by atoms with E-state index in [0.29, 0.717) is 10.7 Å². The molecule has 0 spiro atoms. The van der Waals surface area contributed by atoms with Gasteiger partial charge in [0.15, 0.2) is 0 Å². The Hall–Kier alpha value is -1.06. The van der Waals surface area contributed by atoms with Crippen molar-refractivity contribution in [3.63, 3.8) is 0 Å². The van der Waals surface area contributed by atoms with E-state index in [1.165, 1.54) is 0 Å². The monoisotopic (exact) mass is 266 g/mol. The Bertz CT molecular complexity index is 445. The number of para-hydroxylation sites is 1. The molecule has 1 aliphatic rings. The molecule has 1 atom stereocenters. The van der Waals surface area contributed by atoms with Gasteiger partial charge in [-0.25, -0.2) is 0 Å². The fourth-order valence-electron chi connectivity index (χ4n) is 2.43. The van der Waals surface area contributed by atoms with E-state index in [-0.39, 0.29) is 17.4 Å². The normalized spacial score (nSPS) is 22.5. The Balaban J connectivity index is 2.10. The lowest BCUT2D eigenvalue weighted by Gasteiger charge is -2.38. The molecule has 1 unspecified atom stereocenters. The van der Waals surface area contributed by atoms with E-state index in [1.54, 1.807) is 6.07 Å². The zero-order valence-corrected chi connectivity index (χ0v) is 11.6. The van der Waals surface area contributed by atoms with Crippen LogP contribution in [0.4, 0.5) is 5.69 Å². The minimum Gasteiger partial charge on any atom is -0.323 e. The highest BCUT2D eigenvalue weighted by Gasteiger charge is 2.37. The number of nitrogens with one attached hydrogen (secondary N) is 2. The number of hydrogen-bond donors (Lipinski definition) is 2. The molecule has 1 amide bonds. The van der Waals surface area contributed by atoms with Gasteiger partial charge in [0.1, 0.15) is 0 Å². The molecule has 18 heavy (non-hydrogen) atoms. The van der Waals surface area contributed by atoms with Gasteiger partial charge in [0, 0.05) is 0 Å². The molecule has 1 aromatic carbocycles. The lowest BCUT2D eigenvalue weighted by atomic mass is 9.77. The molecule has 0 bridgehead atoms. The third kappa shape index (κ3) is 2.85. The van der Waals surface area contributed by atoms with E-state index in [2.05, 4.69) is 24.5 Å². The lowest BCUT2D eigenvalue weighted by molar-refractivity contribution is -0.121. The average molecular weight is 267 g/mol. The van der Waals surface area contributed by atoms with Crippen molar-refractivity contribution in [3.8, 4) is 0 Å². The minimum absolute atomic E-state index is 0.00667. The first kappa shape index (κ1) is 13.4. The smallest absolute Gasteiger partial charge is 0.242 e. The molecule has 0 saturated carbocycles. The van der Waals surface area contributed by atoms with Crippen LogP contribution in [0.25, 0.3) is 0 Å². The molecule has 1 saturated heterocycles. The van der Waals surface area contributed by atoms with E-state index < -0.39 is 0 Å². The molecule has 2 N–H and O–H groups in total. The zero-order valence-electron chi connectivity index (χ0n) is 10.8. The summed E-state index contributed by atoms with van der Waals surface area (Å²) >= 11 is 6.04. The van der Waals surface area contributed by atoms with Gasteiger partial charge in [0.2, 0.25) is 5.91 Å². The first-order valence-electron chi connectivity index (χ1n) is 6.29.